The number of carbonyl (C=O) groups excluding carboxylic acids is 2. The molecule has 3 aromatic rings. The standard InChI is InChI=1S/C19H20N4O3S/c1-9-5-14(11(3)27-9)16-6-15(17-10(2)22-26-19(17)21-16)18(25)20-13-7-23(8-13)12(4)24/h5-6,13H,7-8H2,1-4H3,(H,20,25). The molecule has 1 N–H and O–H groups in total. The van der Waals surface area contributed by atoms with Gasteiger partial charge in [0.05, 0.1) is 28.4 Å². The largest absolute Gasteiger partial charge is 0.346 e. The van der Waals surface area contributed by atoms with Crippen LogP contribution in [0.4, 0.5) is 0 Å². The van der Waals surface area contributed by atoms with Crippen molar-refractivity contribution in [3.63, 3.8) is 0 Å². The number of hydrogen-bond donors (Lipinski definition) is 1. The van der Waals surface area contributed by atoms with Crippen molar-refractivity contribution in [2.24, 2.45) is 0 Å². The van der Waals surface area contributed by atoms with Crippen molar-refractivity contribution >= 4 is 34.3 Å². The number of likely N-dealkylation sites (tertiary alicyclic amines) is 1. The molecule has 1 aliphatic rings. The number of nitrogens with one attached hydrogen (secondary N) is 1. The van der Waals surface area contributed by atoms with Gasteiger partial charge in [0.25, 0.3) is 11.6 Å². The van der Waals surface area contributed by atoms with E-state index in [0.29, 0.717) is 41.1 Å². The van der Waals surface area contributed by atoms with Crippen LogP contribution in [0.15, 0.2) is 16.7 Å². The highest BCUT2D eigenvalue weighted by molar-refractivity contribution is 7.12. The van der Waals surface area contributed by atoms with Gasteiger partial charge in [-0.1, -0.05) is 5.16 Å². The van der Waals surface area contributed by atoms with Gasteiger partial charge in [-0.15, -0.1) is 11.3 Å². The predicted octanol–water partition coefficient (Wildman–Crippen LogP) is 2.84. The quantitative estimate of drug-likeness (QED) is 0.750. The van der Waals surface area contributed by atoms with Gasteiger partial charge in [-0.25, -0.2) is 4.98 Å². The minimum absolute atomic E-state index is 0.0206. The number of carbonyl (C=O) groups is 2. The van der Waals surface area contributed by atoms with Crippen molar-refractivity contribution in [2.45, 2.75) is 33.7 Å². The molecule has 0 aliphatic carbocycles. The lowest BCUT2D eigenvalue weighted by Crippen LogP contribution is -2.60. The van der Waals surface area contributed by atoms with Crippen LogP contribution in [0, 0.1) is 20.8 Å². The Bertz CT molecular complexity index is 1060. The highest BCUT2D eigenvalue weighted by atomic mass is 32.1. The van der Waals surface area contributed by atoms with Crippen LogP contribution in [0.2, 0.25) is 0 Å². The summed E-state index contributed by atoms with van der Waals surface area (Å²) in [6, 6.07) is 3.83. The van der Waals surface area contributed by atoms with Crippen LogP contribution in [0.3, 0.4) is 0 Å². The third kappa shape index (κ3) is 3.10. The van der Waals surface area contributed by atoms with E-state index in [4.69, 9.17) is 4.52 Å². The average molecular weight is 384 g/mol. The summed E-state index contributed by atoms with van der Waals surface area (Å²) in [6.07, 6.45) is 0. The van der Waals surface area contributed by atoms with Crippen molar-refractivity contribution in [1.29, 1.82) is 0 Å². The molecule has 7 nitrogen and oxygen atoms in total. The summed E-state index contributed by atoms with van der Waals surface area (Å²) in [5.74, 6) is -0.181. The van der Waals surface area contributed by atoms with Gasteiger partial charge >= 0.3 is 0 Å². The Hall–Kier alpha value is -2.74. The fourth-order valence-electron chi connectivity index (χ4n) is 3.39. The lowest BCUT2D eigenvalue weighted by Gasteiger charge is -2.38. The van der Waals surface area contributed by atoms with Crippen LogP contribution < -0.4 is 5.32 Å². The summed E-state index contributed by atoms with van der Waals surface area (Å²) in [5.41, 5.74) is 3.18. The fourth-order valence-corrected chi connectivity index (χ4v) is 4.32. The van der Waals surface area contributed by atoms with Crippen molar-refractivity contribution in [3.05, 3.63) is 33.1 Å². The second kappa shape index (κ2) is 6.45. The van der Waals surface area contributed by atoms with E-state index in [1.54, 1.807) is 29.2 Å². The van der Waals surface area contributed by atoms with Crippen LogP contribution in [0.1, 0.15) is 32.7 Å². The number of aryl methyl sites for hydroxylation is 3. The molecule has 0 spiro atoms. The van der Waals surface area contributed by atoms with Gasteiger partial charge in [-0.05, 0) is 32.9 Å². The van der Waals surface area contributed by atoms with E-state index in [1.807, 2.05) is 13.8 Å². The van der Waals surface area contributed by atoms with Crippen LogP contribution in [-0.4, -0.2) is 46.0 Å². The zero-order valence-electron chi connectivity index (χ0n) is 15.6. The minimum atomic E-state index is -0.201. The number of pyridine rings is 1. The average Bonchev–Trinajstić information content (AvgIpc) is 3.11. The van der Waals surface area contributed by atoms with Gasteiger partial charge in [0, 0.05) is 35.3 Å². The molecule has 1 saturated heterocycles. The molecular formula is C19H20N4O3S. The number of nitrogens with zero attached hydrogens (tertiary/aromatic N) is 3. The van der Waals surface area contributed by atoms with Crippen molar-refractivity contribution in [2.75, 3.05) is 13.1 Å². The Morgan fingerprint density at radius 3 is 2.63 bits per heavy atom. The molecule has 140 valence electrons. The normalized spacial score (nSPS) is 14.4. The second-order valence-electron chi connectivity index (χ2n) is 6.92. The summed E-state index contributed by atoms with van der Waals surface area (Å²) in [6.45, 7) is 8.48. The Morgan fingerprint density at radius 1 is 1.26 bits per heavy atom. The first-order valence-electron chi connectivity index (χ1n) is 8.74. The van der Waals surface area contributed by atoms with Gasteiger partial charge in [-0.3, -0.25) is 9.59 Å². The second-order valence-corrected chi connectivity index (χ2v) is 8.38. The minimum Gasteiger partial charge on any atom is -0.346 e. The number of rotatable bonds is 3. The number of amides is 2. The van der Waals surface area contributed by atoms with E-state index in [-0.39, 0.29) is 17.9 Å². The molecule has 8 heteroatoms. The summed E-state index contributed by atoms with van der Waals surface area (Å²) < 4.78 is 5.35. The van der Waals surface area contributed by atoms with E-state index in [9.17, 15) is 9.59 Å². The molecule has 0 aromatic carbocycles. The topological polar surface area (TPSA) is 88.3 Å². The maximum atomic E-state index is 13.0. The Labute approximate surface area is 160 Å². The first-order valence-corrected chi connectivity index (χ1v) is 9.56. The molecule has 1 aliphatic heterocycles. The van der Waals surface area contributed by atoms with E-state index < -0.39 is 0 Å². The summed E-state index contributed by atoms with van der Waals surface area (Å²) in [4.78, 5) is 32.9. The van der Waals surface area contributed by atoms with Crippen molar-refractivity contribution < 1.29 is 14.1 Å². The first-order chi connectivity index (χ1) is 12.8. The molecule has 0 bridgehead atoms. The van der Waals surface area contributed by atoms with Crippen molar-refractivity contribution in [1.82, 2.24) is 20.4 Å². The summed E-state index contributed by atoms with van der Waals surface area (Å²) >= 11 is 1.69. The molecule has 0 unspecified atom stereocenters. The number of aromatic nitrogens is 2. The van der Waals surface area contributed by atoms with Gasteiger partial charge in [-0.2, -0.15) is 0 Å². The molecule has 0 saturated carbocycles. The monoisotopic (exact) mass is 384 g/mol. The maximum absolute atomic E-state index is 13.0. The zero-order chi connectivity index (χ0) is 19.3. The molecule has 4 heterocycles. The molecule has 3 aromatic heterocycles. The lowest BCUT2D eigenvalue weighted by atomic mass is 10.0. The summed E-state index contributed by atoms with van der Waals surface area (Å²) in [5, 5.41) is 7.61. The molecular weight excluding hydrogens is 364 g/mol. The zero-order valence-corrected chi connectivity index (χ0v) is 16.4. The van der Waals surface area contributed by atoms with Gasteiger partial charge in [0.1, 0.15) is 0 Å². The number of thiophene rings is 1. The van der Waals surface area contributed by atoms with Gasteiger partial charge < -0.3 is 14.7 Å². The molecule has 0 radical (unpaired) electrons. The lowest BCUT2D eigenvalue weighted by molar-refractivity contribution is -0.133. The molecule has 27 heavy (non-hydrogen) atoms. The van der Waals surface area contributed by atoms with E-state index >= 15 is 0 Å². The van der Waals surface area contributed by atoms with Crippen molar-refractivity contribution in [3.8, 4) is 11.3 Å². The van der Waals surface area contributed by atoms with Gasteiger partial charge in [0.2, 0.25) is 5.91 Å². The third-order valence-corrected chi connectivity index (χ3v) is 5.81. The molecule has 0 atom stereocenters. The fraction of sp³-hybridized carbons (Fsp3) is 0.368. The van der Waals surface area contributed by atoms with E-state index in [1.165, 1.54) is 11.8 Å². The molecule has 2 amide bonds. The summed E-state index contributed by atoms with van der Waals surface area (Å²) in [7, 11) is 0. The maximum Gasteiger partial charge on any atom is 0.259 e. The molecule has 4 rings (SSSR count). The predicted molar refractivity (Wildman–Crippen MR) is 103 cm³/mol. The third-order valence-electron chi connectivity index (χ3n) is 4.84. The highest BCUT2D eigenvalue weighted by Gasteiger charge is 2.31. The van der Waals surface area contributed by atoms with E-state index in [2.05, 4.69) is 21.5 Å². The van der Waals surface area contributed by atoms with Crippen LogP contribution >= 0.6 is 11.3 Å². The van der Waals surface area contributed by atoms with Crippen LogP contribution in [-0.2, 0) is 4.79 Å². The Morgan fingerprint density at radius 2 is 2.00 bits per heavy atom. The smallest absolute Gasteiger partial charge is 0.259 e. The Balaban J connectivity index is 1.70. The number of fused-ring (bicyclic) bond motifs is 1. The Kier molecular flexibility index (Phi) is 4.22. The van der Waals surface area contributed by atoms with Crippen LogP contribution in [0.5, 0.6) is 0 Å². The first kappa shape index (κ1) is 17.7. The van der Waals surface area contributed by atoms with Gasteiger partial charge in [0.15, 0.2) is 0 Å². The number of hydrogen-bond acceptors (Lipinski definition) is 6. The highest BCUT2D eigenvalue weighted by Crippen LogP contribution is 2.32. The van der Waals surface area contributed by atoms with Crippen LogP contribution in [0.25, 0.3) is 22.4 Å². The SMILES string of the molecule is CC(=O)N1CC(NC(=O)c2cc(-c3cc(C)sc3C)nc3onc(C)c23)C1. The molecule has 1 fully saturated rings. The van der Waals surface area contributed by atoms with E-state index in [0.717, 1.165) is 10.4 Å².